The van der Waals surface area contributed by atoms with Gasteiger partial charge in [-0.2, -0.15) is 14.9 Å². The lowest BCUT2D eigenvalue weighted by molar-refractivity contribution is -0.121. The summed E-state index contributed by atoms with van der Waals surface area (Å²) in [6.45, 7) is 1.89. The lowest BCUT2D eigenvalue weighted by atomic mass is 9.78. The number of fused-ring (bicyclic) bond motifs is 1. The van der Waals surface area contributed by atoms with Gasteiger partial charge in [0.25, 0.3) is 0 Å². The SMILES string of the molecule is Cc1cc(NC(=O)C2(c3ccc(Cl)cc3)CCCC2)n(-c2ncnc3c2cnn3-c2ccccc2)n1. The van der Waals surface area contributed by atoms with E-state index in [2.05, 4.69) is 25.5 Å². The molecule has 3 heterocycles. The number of benzene rings is 2. The van der Waals surface area contributed by atoms with Gasteiger partial charge in [0.1, 0.15) is 12.1 Å². The van der Waals surface area contributed by atoms with E-state index < -0.39 is 5.41 Å². The summed E-state index contributed by atoms with van der Waals surface area (Å²) in [6, 6.07) is 19.3. The lowest BCUT2D eigenvalue weighted by Crippen LogP contribution is -2.38. The number of nitrogens with one attached hydrogen (secondary N) is 1. The molecule has 1 aliphatic rings. The van der Waals surface area contributed by atoms with Crippen LogP contribution in [0.4, 0.5) is 5.82 Å². The number of aryl methyl sites for hydroxylation is 1. The molecular formula is C27H24ClN7O. The second-order valence-corrected chi connectivity index (χ2v) is 9.60. The molecule has 0 radical (unpaired) electrons. The number of halogens is 1. The first-order valence-electron chi connectivity index (χ1n) is 11.9. The average Bonchev–Trinajstić information content (AvgIpc) is 3.64. The molecule has 1 saturated carbocycles. The maximum absolute atomic E-state index is 13.8. The molecule has 2 aromatic carbocycles. The predicted molar refractivity (Wildman–Crippen MR) is 139 cm³/mol. The van der Waals surface area contributed by atoms with Gasteiger partial charge in [-0.05, 0) is 49.6 Å². The number of hydrogen-bond donors (Lipinski definition) is 1. The molecule has 1 fully saturated rings. The lowest BCUT2D eigenvalue weighted by Gasteiger charge is -2.28. The fraction of sp³-hybridized carbons (Fsp3) is 0.222. The third-order valence-electron chi connectivity index (χ3n) is 6.91. The van der Waals surface area contributed by atoms with Crippen LogP contribution in [0.15, 0.2) is 73.2 Å². The Balaban J connectivity index is 1.39. The first kappa shape index (κ1) is 22.4. The summed E-state index contributed by atoms with van der Waals surface area (Å²) in [4.78, 5) is 22.8. The van der Waals surface area contributed by atoms with Crippen LogP contribution >= 0.6 is 11.6 Å². The Morgan fingerprint density at radius 1 is 1.00 bits per heavy atom. The molecule has 9 heteroatoms. The highest BCUT2D eigenvalue weighted by molar-refractivity contribution is 6.30. The number of carbonyl (C=O) groups excluding carboxylic acids is 1. The molecule has 0 bridgehead atoms. The average molecular weight is 498 g/mol. The van der Waals surface area contributed by atoms with Crippen molar-refractivity contribution >= 4 is 34.4 Å². The first-order chi connectivity index (χ1) is 17.5. The second-order valence-electron chi connectivity index (χ2n) is 9.16. The zero-order valence-corrected chi connectivity index (χ0v) is 20.5. The van der Waals surface area contributed by atoms with Gasteiger partial charge in [-0.15, -0.1) is 0 Å². The summed E-state index contributed by atoms with van der Waals surface area (Å²) >= 11 is 6.12. The highest BCUT2D eigenvalue weighted by atomic mass is 35.5. The van der Waals surface area contributed by atoms with Gasteiger partial charge in [-0.1, -0.05) is 54.8 Å². The molecule has 3 aromatic heterocycles. The zero-order chi connectivity index (χ0) is 24.7. The molecule has 1 N–H and O–H groups in total. The third-order valence-corrected chi connectivity index (χ3v) is 7.16. The number of anilines is 1. The highest BCUT2D eigenvalue weighted by Crippen LogP contribution is 2.42. The maximum Gasteiger partial charge on any atom is 0.236 e. The Labute approximate surface area is 213 Å². The molecule has 0 unspecified atom stereocenters. The number of carbonyl (C=O) groups is 1. The normalized spacial score (nSPS) is 14.8. The summed E-state index contributed by atoms with van der Waals surface area (Å²) in [7, 11) is 0. The van der Waals surface area contributed by atoms with Crippen LogP contribution in [0.25, 0.3) is 22.5 Å². The Kier molecular flexibility index (Phi) is 5.53. The topological polar surface area (TPSA) is 90.5 Å². The van der Waals surface area contributed by atoms with Crippen molar-refractivity contribution in [3.05, 3.63) is 89.5 Å². The molecule has 1 aliphatic carbocycles. The van der Waals surface area contributed by atoms with E-state index in [1.807, 2.05) is 67.6 Å². The van der Waals surface area contributed by atoms with Crippen molar-refractivity contribution in [3.8, 4) is 11.5 Å². The standard InChI is InChI=1S/C27H24ClN7O/c1-18-15-23(32-26(36)27(13-5-6-14-27)19-9-11-20(28)12-10-19)35(33-18)25-22-16-31-34(24(22)29-17-30-25)21-7-3-2-4-8-21/h2-4,7-12,15-17H,5-6,13-14H2,1H3,(H,32,36). The van der Waals surface area contributed by atoms with Gasteiger partial charge in [0.2, 0.25) is 5.91 Å². The number of nitrogens with zero attached hydrogens (tertiary/aromatic N) is 6. The van der Waals surface area contributed by atoms with Gasteiger partial charge in [0.05, 0.1) is 28.4 Å². The van der Waals surface area contributed by atoms with Crippen LogP contribution in [0.2, 0.25) is 5.02 Å². The molecule has 0 spiro atoms. The molecule has 180 valence electrons. The van der Waals surface area contributed by atoms with Crippen LogP contribution in [-0.2, 0) is 10.2 Å². The fourth-order valence-electron chi connectivity index (χ4n) is 5.14. The highest BCUT2D eigenvalue weighted by Gasteiger charge is 2.43. The van der Waals surface area contributed by atoms with E-state index in [0.29, 0.717) is 22.3 Å². The van der Waals surface area contributed by atoms with Gasteiger partial charge in [0, 0.05) is 11.1 Å². The summed E-state index contributed by atoms with van der Waals surface area (Å²) in [5, 5.41) is 13.8. The van der Waals surface area contributed by atoms with Gasteiger partial charge in [-0.25, -0.2) is 14.6 Å². The van der Waals surface area contributed by atoms with Crippen LogP contribution in [-0.4, -0.2) is 35.4 Å². The monoisotopic (exact) mass is 497 g/mol. The third kappa shape index (κ3) is 3.74. The molecule has 8 nitrogen and oxygen atoms in total. The van der Waals surface area contributed by atoms with Gasteiger partial charge >= 0.3 is 0 Å². The van der Waals surface area contributed by atoms with Crippen LogP contribution in [0.1, 0.15) is 36.9 Å². The van der Waals surface area contributed by atoms with E-state index in [1.54, 1.807) is 15.6 Å². The minimum absolute atomic E-state index is 0.0475. The van der Waals surface area contributed by atoms with Gasteiger partial charge in [-0.3, -0.25) is 4.79 Å². The minimum atomic E-state index is -0.604. The molecule has 5 aromatic rings. The summed E-state index contributed by atoms with van der Waals surface area (Å²) < 4.78 is 3.43. The summed E-state index contributed by atoms with van der Waals surface area (Å²) in [6.07, 6.45) is 6.80. The molecule has 36 heavy (non-hydrogen) atoms. The van der Waals surface area contributed by atoms with Gasteiger partial charge < -0.3 is 5.32 Å². The zero-order valence-electron chi connectivity index (χ0n) is 19.7. The van der Waals surface area contributed by atoms with Crippen molar-refractivity contribution in [1.29, 1.82) is 0 Å². The maximum atomic E-state index is 13.8. The van der Waals surface area contributed by atoms with Crippen LogP contribution < -0.4 is 5.32 Å². The predicted octanol–water partition coefficient (Wildman–Crippen LogP) is 5.41. The van der Waals surface area contributed by atoms with Crippen molar-refractivity contribution in [2.45, 2.75) is 38.0 Å². The molecule has 0 atom stereocenters. The van der Waals surface area contributed by atoms with E-state index in [1.165, 1.54) is 6.33 Å². The largest absolute Gasteiger partial charge is 0.310 e. The molecule has 1 amide bonds. The van der Waals surface area contributed by atoms with Crippen molar-refractivity contribution in [1.82, 2.24) is 29.5 Å². The van der Waals surface area contributed by atoms with Crippen LogP contribution in [0, 0.1) is 6.92 Å². The van der Waals surface area contributed by atoms with E-state index in [9.17, 15) is 4.79 Å². The summed E-state index contributed by atoms with van der Waals surface area (Å²) in [5.41, 5.74) is 2.70. The van der Waals surface area contributed by atoms with E-state index >= 15 is 0 Å². The number of rotatable bonds is 5. The fourth-order valence-corrected chi connectivity index (χ4v) is 5.26. The molecule has 6 rings (SSSR count). The quantitative estimate of drug-likeness (QED) is 0.350. The van der Waals surface area contributed by atoms with Gasteiger partial charge in [0.15, 0.2) is 11.5 Å². The molecular weight excluding hydrogens is 474 g/mol. The minimum Gasteiger partial charge on any atom is -0.310 e. The number of aromatic nitrogens is 6. The van der Waals surface area contributed by atoms with E-state index in [-0.39, 0.29) is 5.91 Å². The first-order valence-corrected chi connectivity index (χ1v) is 12.3. The Bertz CT molecular complexity index is 1550. The molecule has 0 saturated heterocycles. The number of para-hydroxylation sites is 1. The Morgan fingerprint density at radius 3 is 2.50 bits per heavy atom. The van der Waals surface area contributed by atoms with E-state index in [4.69, 9.17) is 11.6 Å². The summed E-state index contributed by atoms with van der Waals surface area (Å²) in [5.74, 6) is 1.07. The van der Waals surface area contributed by atoms with Crippen molar-refractivity contribution in [2.75, 3.05) is 5.32 Å². The van der Waals surface area contributed by atoms with Crippen molar-refractivity contribution < 1.29 is 4.79 Å². The van der Waals surface area contributed by atoms with Crippen LogP contribution in [0.3, 0.4) is 0 Å². The molecule has 0 aliphatic heterocycles. The number of amides is 1. The van der Waals surface area contributed by atoms with Crippen molar-refractivity contribution in [2.24, 2.45) is 0 Å². The number of hydrogen-bond acceptors (Lipinski definition) is 5. The Hall–Kier alpha value is -4.04. The second kappa shape index (κ2) is 8.87. The smallest absolute Gasteiger partial charge is 0.236 e. The van der Waals surface area contributed by atoms with E-state index in [0.717, 1.165) is 48.0 Å². The van der Waals surface area contributed by atoms with Crippen LogP contribution in [0.5, 0.6) is 0 Å². The Morgan fingerprint density at radius 2 is 1.75 bits per heavy atom. The van der Waals surface area contributed by atoms with Crippen molar-refractivity contribution in [3.63, 3.8) is 0 Å².